The van der Waals surface area contributed by atoms with Gasteiger partial charge >= 0.3 is 0 Å². The molecule has 0 saturated carbocycles. The van der Waals surface area contributed by atoms with Crippen LogP contribution in [-0.2, 0) is 11.2 Å². The third-order valence-electron chi connectivity index (χ3n) is 2.04. The van der Waals surface area contributed by atoms with Gasteiger partial charge in [-0.2, -0.15) is 0 Å². The summed E-state index contributed by atoms with van der Waals surface area (Å²) in [5, 5.41) is 9.38. The van der Waals surface area contributed by atoms with Crippen LogP contribution in [0.2, 0.25) is 0 Å². The molecule has 0 saturated heterocycles. The summed E-state index contributed by atoms with van der Waals surface area (Å²) in [6.45, 7) is 2.05. The lowest BCUT2D eigenvalue weighted by Crippen LogP contribution is -1.98. The molecule has 3 heteroatoms. The van der Waals surface area contributed by atoms with Crippen molar-refractivity contribution in [2.75, 3.05) is 13.7 Å². The molecule has 1 aromatic carbocycles. The van der Waals surface area contributed by atoms with Gasteiger partial charge in [0.15, 0.2) is 5.78 Å². The van der Waals surface area contributed by atoms with Crippen molar-refractivity contribution < 1.29 is 14.6 Å². The predicted molar refractivity (Wildman–Crippen MR) is 53.7 cm³/mol. The molecule has 1 N–H and O–H groups in total. The van der Waals surface area contributed by atoms with Gasteiger partial charge in [-0.15, -0.1) is 0 Å². The van der Waals surface area contributed by atoms with Crippen molar-refractivity contribution in [3.8, 4) is 5.75 Å². The highest BCUT2D eigenvalue weighted by Crippen LogP contribution is 2.19. The van der Waals surface area contributed by atoms with E-state index in [9.17, 15) is 9.90 Å². The number of rotatable bonds is 4. The first-order chi connectivity index (χ1) is 6.65. The average Bonchev–Trinajstić information content (AvgIpc) is 2.16. The summed E-state index contributed by atoms with van der Waals surface area (Å²) in [4.78, 5) is 11.1. The lowest BCUT2D eigenvalue weighted by molar-refractivity contribution is 0.101. The second-order valence-corrected chi connectivity index (χ2v) is 3.15. The number of methoxy groups -OCH3 is 1. The van der Waals surface area contributed by atoms with Gasteiger partial charge in [0.25, 0.3) is 0 Å². The fourth-order valence-corrected chi connectivity index (χ4v) is 1.24. The number of hydrogen-bond donors (Lipinski definition) is 1. The lowest BCUT2D eigenvalue weighted by Gasteiger charge is -2.04. The van der Waals surface area contributed by atoms with E-state index < -0.39 is 0 Å². The average molecular weight is 194 g/mol. The second kappa shape index (κ2) is 4.77. The molecule has 1 aromatic rings. The normalized spacial score (nSPS) is 10.1. The van der Waals surface area contributed by atoms with Gasteiger partial charge < -0.3 is 9.84 Å². The third kappa shape index (κ3) is 2.57. The maximum Gasteiger partial charge on any atom is 0.163 e. The Morgan fingerprint density at radius 3 is 2.79 bits per heavy atom. The Labute approximate surface area is 83.3 Å². The fraction of sp³-hybridized carbons (Fsp3) is 0.364. The number of carbonyl (C=O) groups excluding carboxylic acids is 1. The molecule has 1 rings (SSSR count). The quantitative estimate of drug-likeness (QED) is 0.743. The Hall–Kier alpha value is -1.35. The van der Waals surface area contributed by atoms with Crippen molar-refractivity contribution in [1.29, 1.82) is 0 Å². The van der Waals surface area contributed by atoms with Crippen molar-refractivity contribution in [3.63, 3.8) is 0 Å². The Balaban J connectivity index is 2.89. The maximum atomic E-state index is 11.1. The molecule has 0 unspecified atom stereocenters. The van der Waals surface area contributed by atoms with Crippen LogP contribution in [0.15, 0.2) is 18.2 Å². The van der Waals surface area contributed by atoms with E-state index in [1.807, 2.05) is 0 Å². The minimum absolute atomic E-state index is 0.0404. The fourth-order valence-electron chi connectivity index (χ4n) is 1.24. The SMILES string of the molecule is COCCc1ccc(O)c(C(C)=O)c1. The number of ether oxygens (including phenoxy) is 1. The molecular weight excluding hydrogens is 180 g/mol. The van der Waals surface area contributed by atoms with Crippen LogP contribution in [-0.4, -0.2) is 24.6 Å². The van der Waals surface area contributed by atoms with Crippen LogP contribution < -0.4 is 0 Å². The topological polar surface area (TPSA) is 46.5 Å². The summed E-state index contributed by atoms with van der Waals surface area (Å²) in [6, 6.07) is 5.04. The number of phenolic OH excluding ortho intramolecular Hbond substituents is 1. The van der Waals surface area contributed by atoms with Crippen molar-refractivity contribution in [2.24, 2.45) is 0 Å². The third-order valence-corrected chi connectivity index (χ3v) is 2.04. The highest BCUT2D eigenvalue weighted by Gasteiger charge is 2.06. The minimum atomic E-state index is -0.123. The van der Waals surface area contributed by atoms with Crippen LogP contribution >= 0.6 is 0 Å². The molecule has 0 aliphatic rings. The number of phenols is 1. The summed E-state index contributed by atoms with van der Waals surface area (Å²) < 4.78 is 4.93. The van der Waals surface area contributed by atoms with Crippen molar-refractivity contribution in [2.45, 2.75) is 13.3 Å². The molecule has 0 aliphatic heterocycles. The highest BCUT2D eigenvalue weighted by atomic mass is 16.5. The molecule has 0 heterocycles. The van der Waals surface area contributed by atoms with Crippen molar-refractivity contribution >= 4 is 5.78 Å². The number of benzene rings is 1. The van der Waals surface area contributed by atoms with E-state index in [1.165, 1.54) is 6.92 Å². The first kappa shape index (κ1) is 10.7. The summed E-state index contributed by atoms with van der Waals surface area (Å²) in [7, 11) is 1.63. The molecule has 76 valence electrons. The van der Waals surface area contributed by atoms with E-state index in [4.69, 9.17) is 4.74 Å². The van der Waals surface area contributed by atoms with Gasteiger partial charge in [-0.3, -0.25) is 4.79 Å². The number of ketones is 1. The first-order valence-electron chi connectivity index (χ1n) is 4.47. The van der Waals surface area contributed by atoms with Crippen LogP contribution in [0.3, 0.4) is 0 Å². The molecule has 14 heavy (non-hydrogen) atoms. The lowest BCUT2D eigenvalue weighted by atomic mass is 10.1. The van der Waals surface area contributed by atoms with Crippen LogP contribution in [0.5, 0.6) is 5.75 Å². The molecule has 0 radical (unpaired) electrons. The summed E-state index contributed by atoms with van der Waals surface area (Å²) in [5.74, 6) is -0.0829. The van der Waals surface area contributed by atoms with Crippen molar-refractivity contribution in [3.05, 3.63) is 29.3 Å². The number of Topliss-reactive ketones (excluding diaryl/α,β-unsaturated/α-hetero) is 1. The van der Waals surface area contributed by atoms with Gasteiger partial charge in [0.2, 0.25) is 0 Å². The van der Waals surface area contributed by atoms with Gasteiger partial charge in [-0.25, -0.2) is 0 Å². The zero-order valence-corrected chi connectivity index (χ0v) is 8.41. The summed E-state index contributed by atoms with van der Waals surface area (Å²) >= 11 is 0. The van der Waals surface area contributed by atoms with Gasteiger partial charge in [0.1, 0.15) is 5.75 Å². The van der Waals surface area contributed by atoms with Crippen LogP contribution in [0.4, 0.5) is 0 Å². The van der Waals surface area contributed by atoms with E-state index >= 15 is 0 Å². The molecule has 0 aliphatic carbocycles. The molecular formula is C11H14O3. The van der Waals surface area contributed by atoms with Gasteiger partial charge in [0.05, 0.1) is 12.2 Å². The zero-order chi connectivity index (χ0) is 10.6. The van der Waals surface area contributed by atoms with Crippen LogP contribution in [0.25, 0.3) is 0 Å². The predicted octanol–water partition coefficient (Wildman–Crippen LogP) is 1.78. The monoisotopic (exact) mass is 194 g/mol. The smallest absolute Gasteiger partial charge is 0.163 e. The Kier molecular flexibility index (Phi) is 3.65. The first-order valence-corrected chi connectivity index (χ1v) is 4.47. The molecule has 0 atom stereocenters. The second-order valence-electron chi connectivity index (χ2n) is 3.15. The van der Waals surface area contributed by atoms with E-state index in [2.05, 4.69) is 0 Å². The largest absolute Gasteiger partial charge is 0.507 e. The number of aromatic hydroxyl groups is 1. The molecule has 3 nitrogen and oxygen atoms in total. The molecule has 0 spiro atoms. The molecule has 0 fully saturated rings. The van der Waals surface area contributed by atoms with Gasteiger partial charge in [-0.05, 0) is 31.0 Å². The molecule has 0 amide bonds. The maximum absolute atomic E-state index is 11.1. The number of hydrogen-bond acceptors (Lipinski definition) is 3. The van der Waals surface area contributed by atoms with Crippen molar-refractivity contribution in [1.82, 2.24) is 0 Å². The van der Waals surface area contributed by atoms with E-state index in [1.54, 1.807) is 25.3 Å². The summed E-state index contributed by atoms with van der Waals surface area (Å²) in [6.07, 6.45) is 0.747. The van der Waals surface area contributed by atoms with Crippen LogP contribution in [0, 0.1) is 0 Å². The van der Waals surface area contributed by atoms with Crippen LogP contribution in [0.1, 0.15) is 22.8 Å². The summed E-state index contributed by atoms with van der Waals surface area (Å²) in [5.41, 5.74) is 1.37. The number of carbonyl (C=O) groups is 1. The van der Waals surface area contributed by atoms with Gasteiger partial charge in [0, 0.05) is 7.11 Å². The Morgan fingerprint density at radius 1 is 1.50 bits per heavy atom. The van der Waals surface area contributed by atoms with E-state index in [-0.39, 0.29) is 11.5 Å². The highest BCUT2D eigenvalue weighted by molar-refractivity contribution is 5.96. The zero-order valence-electron chi connectivity index (χ0n) is 8.41. The Bertz CT molecular complexity index is 331. The minimum Gasteiger partial charge on any atom is -0.507 e. The molecule has 0 bridgehead atoms. The molecule has 0 aromatic heterocycles. The standard InChI is InChI=1S/C11H14O3/c1-8(12)10-7-9(5-6-14-2)3-4-11(10)13/h3-4,7,13H,5-6H2,1-2H3. The van der Waals surface area contributed by atoms with E-state index in [0.717, 1.165) is 12.0 Å². The van der Waals surface area contributed by atoms with E-state index in [0.29, 0.717) is 12.2 Å². The Morgan fingerprint density at radius 2 is 2.21 bits per heavy atom. The van der Waals surface area contributed by atoms with Gasteiger partial charge in [-0.1, -0.05) is 6.07 Å².